The Labute approximate surface area is 129 Å². The fraction of sp³-hybridized carbons (Fsp3) is 0.267. The molecule has 0 saturated carbocycles. The second-order valence-corrected chi connectivity index (χ2v) is 6.43. The number of benzene rings is 1. The zero-order valence-electron chi connectivity index (χ0n) is 11.8. The number of aromatic nitrogens is 1. The maximum Gasteiger partial charge on any atom is 0.419 e. The van der Waals surface area contributed by atoms with Gasteiger partial charge in [0.05, 0.1) is 5.69 Å². The molecule has 6 heteroatoms. The van der Waals surface area contributed by atoms with E-state index in [2.05, 4.69) is 15.9 Å². The van der Waals surface area contributed by atoms with E-state index in [0.29, 0.717) is 4.47 Å². The molecule has 0 aliphatic carbocycles. The first-order chi connectivity index (χ1) is 9.67. The van der Waals surface area contributed by atoms with E-state index in [0.717, 1.165) is 12.1 Å². The molecule has 0 saturated heterocycles. The van der Waals surface area contributed by atoms with Crippen molar-refractivity contribution in [2.75, 3.05) is 0 Å². The Morgan fingerprint density at radius 2 is 1.90 bits per heavy atom. The Balaban J connectivity index is 2.48. The van der Waals surface area contributed by atoms with Crippen LogP contribution in [0.5, 0.6) is 0 Å². The predicted molar refractivity (Wildman–Crippen MR) is 79.1 cm³/mol. The summed E-state index contributed by atoms with van der Waals surface area (Å²) >= 11 is 3.24. The van der Waals surface area contributed by atoms with E-state index in [4.69, 9.17) is 4.74 Å². The number of ether oxygens (including phenoxy) is 1. The van der Waals surface area contributed by atoms with Gasteiger partial charge in [0, 0.05) is 22.3 Å². The number of carbonyl (C=O) groups excluding carboxylic acids is 1. The van der Waals surface area contributed by atoms with Gasteiger partial charge in [-0.1, -0.05) is 0 Å². The number of halogens is 3. The van der Waals surface area contributed by atoms with Gasteiger partial charge in [0.2, 0.25) is 0 Å². The molecular weight excluding hydrogens is 344 g/mol. The minimum absolute atomic E-state index is 0.118. The van der Waals surface area contributed by atoms with Crippen LogP contribution in [0.25, 0.3) is 11.3 Å². The topological polar surface area (TPSA) is 31.2 Å². The van der Waals surface area contributed by atoms with Gasteiger partial charge in [-0.3, -0.25) is 4.57 Å². The maximum atomic E-state index is 13.9. The molecule has 2 aromatic rings. The van der Waals surface area contributed by atoms with Crippen molar-refractivity contribution in [2.45, 2.75) is 26.4 Å². The zero-order valence-corrected chi connectivity index (χ0v) is 13.4. The SMILES string of the molecule is CC(C)(C)OC(=O)n1cc(Br)cc1-c1ccc(F)cc1F. The molecule has 1 aromatic carbocycles. The largest absolute Gasteiger partial charge is 0.443 e. The van der Waals surface area contributed by atoms with Crippen molar-refractivity contribution >= 4 is 22.0 Å². The highest BCUT2D eigenvalue weighted by Gasteiger charge is 2.22. The molecule has 1 heterocycles. The summed E-state index contributed by atoms with van der Waals surface area (Å²) in [5, 5.41) is 0. The summed E-state index contributed by atoms with van der Waals surface area (Å²) in [5.41, 5.74) is -0.270. The van der Waals surface area contributed by atoms with Crippen LogP contribution in [-0.4, -0.2) is 16.3 Å². The number of rotatable bonds is 1. The van der Waals surface area contributed by atoms with Crippen molar-refractivity contribution in [1.29, 1.82) is 0 Å². The van der Waals surface area contributed by atoms with Crippen molar-refractivity contribution < 1.29 is 18.3 Å². The standard InChI is InChI=1S/C15H14BrF2NO2/c1-15(2,3)21-14(20)19-8-9(16)6-13(19)11-5-4-10(17)7-12(11)18/h4-8H,1-3H3. The zero-order chi connectivity index (χ0) is 15.8. The van der Waals surface area contributed by atoms with Gasteiger partial charge in [-0.25, -0.2) is 13.6 Å². The molecule has 112 valence electrons. The fourth-order valence-electron chi connectivity index (χ4n) is 1.80. The molecule has 0 bridgehead atoms. The first kappa shape index (κ1) is 15.7. The van der Waals surface area contributed by atoms with Gasteiger partial charge in [-0.05, 0) is 54.9 Å². The lowest BCUT2D eigenvalue weighted by Gasteiger charge is -2.20. The highest BCUT2D eigenvalue weighted by molar-refractivity contribution is 9.10. The van der Waals surface area contributed by atoms with Gasteiger partial charge in [0.25, 0.3) is 0 Å². The van der Waals surface area contributed by atoms with Crippen molar-refractivity contribution in [1.82, 2.24) is 4.57 Å². The Hall–Kier alpha value is -1.69. The minimum atomic E-state index is -0.745. The van der Waals surface area contributed by atoms with Crippen LogP contribution in [0.4, 0.5) is 13.6 Å². The number of hydrogen-bond acceptors (Lipinski definition) is 2. The summed E-state index contributed by atoms with van der Waals surface area (Å²) in [7, 11) is 0. The van der Waals surface area contributed by atoms with E-state index in [-0.39, 0.29) is 11.3 Å². The third kappa shape index (κ3) is 3.69. The summed E-state index contributed by atoms with van der Waals surface area (Å²) in [5.74, 6) is -1.42. The quantitative estimate of drug-likeness (QED) is 0.720. The molecular formula is C15H14BrF2NO2. The molecule has 0 atom stereocenters. The Kier molecular flexibility index (Phi) is 4.18. The molecule has 0 aliphatic heterocycles. The minimum Gasteiger partial charge on any atom is -0.443 e. The van der Waals surface area contributed by atoms with Crippen LogP contribution in [0.3, 0.4) is 0 Å². The lowest BCUT2D eigenvalue weighted by molar-refractivity contribution is 0.0540. The van der Waals surface area contributed by atoms with Gasteiger partial charge in [0.15, 0.2) is 0 Å². The van der Waals surface area contributed by atoms with Crippen molar-refractivity contribution in [3.8, 4) is 11.3 Å². The van der Waals surface area contributed by atoms with E-state index in [9.17, 15) is 13.6 Å². The highest BCUT2D eigenvalue weighted by Crippen LogP contribution is 2.28. The molecule has 2 rings (SSSR count). The van der Waals surface area contributed by atoms with Crippen LogP contribution in [0.2, 0.25) is 0 Å². The van der Waals surface area contributed by atoms with E-state index in [1.807, 2.05) is 0 Å². The second kappa shape index (κ2) is 5.60. The average molecular weight is 358 g/mol. The first-order valence-electron chi connectivity index (χ1n) is 6.24. The first-order valence-corrected chi connectivity index (χ1v) is 7.03. The molecule has 21 heavy (non-hydrogen) atoms. The lowest BCUT2D eigenvalue weighted by Crippen LogP contribution is -2.27. The average Bonchev–Trinajstić information content (AvgIpc) is 2.69. The third-order valence-corrected chi connectivity index (χ3v) is 3.02. The second-order valence-electron chi connectivity index (χ2n) is 5.52. The maximum absolute atomic E-state index is 13.9. The lowest BCUT2D eigenvalue weighted by atomic mass is 10.1. The van der Waals surface area contributed by atoms with Gasteiger partial charge in [0.1, 0.15) is 17.2 Å². The van der Waals surface area contributed by atoms with Crippen LogP contribution in [0.15, 0.2) is 34.9 Å². The summed E-state index contributed by atoms with van der Waals surface area (Å²) in [6.07, 6.45) is 0.846. The smallest absolute Gasteiger partial charge is 0.419 e. The van der Waals surface area contributed by atoms with Gasteiger partial charge in [-0.15, -0.1) is 0 Å². The Morgan fingerprint density at radius 1 is 1.24 bits per heavy atom. The fourth-order valence-corrected chi connectivity index (χ4v) is 2.22. The Bertz CT molecular complexity index is 689. The number of carbonyl (C=O) groups is 1. The molecule has 0 N–H and O–H groups in total. The molecule has 0 aliphatic rings. The van der Waals surface area contributed by atoms with Crippen LogP contribution >= 0.6 is 15.9 Å². The van der Waals surface area contributed by atoms with E-state index in [1.54, 1.807) is 26.8 Å². The van der Waals surface area contributed by atoms with Crippen LogP contribution in [0, 0.1) is 11.6 Å². The summed E-state index contributed by atoms with van der Waals surface area (Å²) in [6.45, 7) is 5.21. The molecule has 3 nitrogen and oxygen atoms in total. The van der Waals surface area contributed by atoms with Gasteiger partial charge >= 0.3 is 6.09 Å². The van der Waals surface area contributed by atoms with E-state index < -0.39 is 23.3 Å². The van der Waals surface area contributed by atoms with Crippen LogP contribution in [-0.2, 0) is 4.74 Å². The molecule has 1 aromatic heterocycles. The van der Waals surface area contributed by atoms with Crippen molar-refractivity contribution in [2.24, 2.45) is 0 Å². The number of hydrogen-bond donors (Lipinski definition) is 0. The summed E-state index contributed by atoms with van der Waals surface area (Å²) in [6, 6.07) is 4.77. The van der Waals surface area contributed by atoms with Crippen LogP contribution in [0.1, 0.15) is 20.8 Å². The van der Waals surface area contributed by atoms with E-state index >= 15 is 0 Å². The van der Waals surface area contributed by atoms with Gasteiger partial charge < -0.3 is 4.74 Å². The molecule has 0 spiro atoms. The molecule has 0 radical (unpaired) electrons. The number of nitrogens with zero attached hydrogens (tertiary/aromatic N) is 1. The summed E-state index contributed by atoms with van der Waals surface area (Å²) < 4.78 is 34.0. The molecule has 0 unspecified atom stereocenters. The summed E-state index contributed by atoms with van der Waals surface area (Å²) in [4.78, 5) is 12.2. The van der Waals surface area contributed by atoms with E-state index in [1.165, 1.54) is 16.8 Å². The molecule has 0 amide bonds. The normalized spacial score (nSPS) is 11.5. The third-order valence-electron chi connectivity index (χ3n) is 2.58. The van der Waals surface area contributed by atoms with Crippen molar-refractivity contribution in [3.05, 3.63) is 46.6 Å². The van der Waals surface area contributed by atoms with Crippen LogP contribution < -0.4 is 0 Å². The van der Waals surface area contributed by atoms with Gasteiger partial charge in [-0.2, -0.15) is 0 Å². The Morgan fingerprint density at radius 3 is 2.48 bits per heavy atom. The predicted octanol–water partition coefficient (Wildman–Crippen LogP) is 4.98. The van der Waals surface area contributed by atoms with Crippen molar-refractivity contribution in [3.63, 3.8) is 0 Å². The monoisotopic (exact) mass is 357 g/mol. The highest BCUT2D eigenvalue weighted by atomic mass is 79.9. The molecule has 0 fully saturated rings.